The molecule has 3 N–H and O–H groups in total. The van der Waals surface area contributed by atoms with Crippen LogP contribution >= 0.6 is 0 Å². The zero-order valence-corrected chi connectivity index (χ0v) is 18.7. The van der Waals surface area contributed by atoms with Crippen LogP contribution in [0, 0.1) is 29.1 Å². The molecule has 170 valence electrons. The first kappa shape index (κ1) is 22.1. The Kier molecular flexibility index (Phi) is 6.35. The summed E-state index contributed by atoms with van der Waals surface area (Å²) in [5.74, 6) is 6.30. The number of fused-ring (bicyclic) bond motifs is 1. The Morgan fingerprint density at radius 3 is 2.78 bits per heavy atom. The van der Waals surface area contributed by atoms with Crippen molar-refractivity contribution in [3.63, 3.8) is 0 Å². The molecule has 2 aliphatic rings. The van der Waals surface area contributed by atoms with Gasteiger partial charge in [-0.3, -0.25) is 18.5 Å². The van der Waals surface area contributed by atoms with E-state index in [1.54, 1.807) is 18.5 Å². The lowest BCUT2D eigenvalue weighted by Gasteiger charge is -2.31. The third-order valence-corrected chi connectivity index (χ3v) is 6.50. The SMILES string of the molecule is CC#CCn1c(N2CCCC(N)C2)nc2c1c(=O)n(CC1NCCCC1C#N)c(=O)n2C. The molecule has 2 aromatic rings. The van der Waals surface area contributed by atoms with Gasteiger partial charge in [-0.25, -0.2) is 4.79 Å². The summed E-state index contributed by atoms with van der Waals surface area (Å²) < 4.78 is 4.46. The molecule has 10 heteroatoms. The number of imidazole rings is 1. The molecule has 2 fully saturated rings. The third kappa shape index (κ3) is 3.92. The summed E-state index contributed by atoms with van der Waals surface area (Å²) in [7, 11) is 1.63. The zero-order chi connectivity index (χ0) is 22.8. The van der Waals surface area contributed by atoms with Gasteiger partial charge in [0.1, 0.15) is 0 Å². The Morgan fingerprint density at radius 1 is 1.25 bits per heavy atom. The molecule has 4 heterocycles. The van der Waals surface area contributed by atoms with Gasteiger partial charge < -0.3 is 16.0 Å². The van der Waals surface area contributed by atoms with Crippen molar-refractivity contribution >= 4 is 17.1 Å². The molecule has 0 aromatic carbocycles. The van der Waals surface area contributed by atoms with Crippen LogP contribution in [0.25, 0.3) is 11.2 Å². The van der Waals surface area contributed by atoms with Crippen LogP contribution in [-0.2, 0) is 20.1 Å². The molecular weight excluding hydrogens is 408 g/mol. The third-order valence-electron chi connectivity index (χ3n) is 6.50. The summed E-state index contributed by atoms with van der Waals surface area (Å²) in [4.78, 5) is 33.5. The van der Waals surface area contributed by atoms with Crippen LogP contribution in [0.15, 0.2) is 9.59 Å². The minimum Gasteiger partial charge on any atom is -0.341 e. The predicted molar refractivity (Wildman–Crippen MR) is 122 cm³/mol. The number of anilines is 1. The Balaban J connectivity index is 1.87. The number of nitrogens with one attached hydrogen (secondary N) is 1. The standard InChI is InChI=1S/C22H30N8O2/c1-3-4-11-29-18-19(26-21(29)28-10-6-8-16(24)13-28)27(2)22(32)30(20(18)31)14-17-15(12-23)7-5-9-25-17/h15-17,25H,5-11,13-14,24H2,1-2H3. The lowest BCUT2D eigenvalue weighted by atomic mass is 9.92. The van der Waals surface area contributed by atoms with Crippen LogP contribution in [-0.4, -0.2) is 50.4 Å². The van der Waals surface area contributed by atoms with E-state index in [0.717, 1.165) is 38.8 Å². The largest absolute Gasteiger partial charge is 0.341 e. The molecule has 2 saturated heterocycles. The van der Waals surface area contributed by atoms with Crippen molar-refractivity contribution in [2.75, 3.05) is 24.5 Å². The number of nitrogens with two attached hydrogens (primary N) is 1. The zero-order valence-electron chi connectivity index (χ0n) is 18.7. The molecule has 0 bridgehead atoms. The van der Waals surface area contributed by atoms with Crippen LogP contribution < -0.4 is 27.2 Å². The van der Waals surface area contributed by atoms with E-state index in [0.29, 0.717) is 30.2 Å². The number of aryl methyl sites for hydroxylation is 1. The first-order chi connectivity index (χ1) is 15.5. The Hall–Kier alpha value is -3.08. The lowest BCUT2D eigenvalue weighted by Crippen LogP contribution is -2.49. The van der Waals surface area contributed by atoms with Crippen LogP contribution in [0.2, 0.25) is 0 Å². The highest BCUT2D eigenvalue weighted by Crippen LogP contribution is 2.23. The molecule has 2 aliphatic heterocycles. The average Bonchev–Trinajstić information content (AvgIpc) is 3.19. The molecule has 0 aliphatic carbocycles. The molecule has 0 amide bonds. The Morgan fingerprint density at radius 2 is 2.06 bits per heavy atom. The minimum atomic E-state index is -0.431. The molecule has 0 saturated carbocycles. The van der Waals surface area contributed by atoms with Gasteiger partial charge in [0.25, 0.3) is 5.56 Å². The number of aromatic nitrogens is 4. The maximum atomic E-state index is 13.6. The van der Waals surface area contributed by atoms with E-state index >= 15 is 0 Å². The topological polar surface area (TPSA) is 127 Å². The molecule has 0 radical (unpaired) electrons. The van der Waals surface area contributed by atoms with Gasteiger partial charge in [-0.15, -0.1) is 5.92 Å². The maximum Gasteiger partial charge on any atom is 0.332 e. The monoisotopic (exact) mass is 438 g/mol. The fourth-order valence-corrected chi connectivity index (χ4v) is 4.76. The van der Waals surface area contributed by atoms with Crippen molar-refractivity contribution in [2.24, 2.45) is 18.7 Å². The van der Waals surface area contributed by atoms with Gasteiger partial charge in [-0.2, -0.15) is 10.2 Å². The van der Waals surface area contributed by atoms with Crippen molar-refractivity contribution in [3.8, 4) is 17.9 Å². The summed E-state index contributed by atoms with van der Waals surface area (Å²) in [5.41, 5.74) is 6.05. The smallest absolute Gasteiger partial charge is 0.332 e. The number of piperidine rings is 2. The first-order valence-electron chi connectivity index (χ1n) is 11.2. The molecule has 2 aromatic heterocycles. The Bertz CT molecular complexity index is 1220. The van der Waals surface area contributed by atoms with Crippen molar-refractivity contribution in [1.29, 1.82) is 5.26 Å². The fourth-order valence-electron chi connectivity index (χ4n) is 4.76. The highest BCUT2D eigenvalue weighted by molar-refractivity contribution is 5.75. The average molecular weight is 439 g/mol. The van der Waals surface area contributed by atoms with Crippen LogP contribution in [0.5, 0.6) is 0 Å². The molecule has 3 atom stereocenters. The predicted octanol–water partition coefficient (Wildman–Crippen LogP) is -0.261. The van der Waals surface area contributed by atoms with Crippen molar-refractivity contribution in [1.82, 2.24) is 24.0 Å². The van der Waals surface area contributed by atoms with E-state index < -0.39 is 11.2 Å². The first-order valence-corrected chi connectivity index (χ1v) is 11.2. The molecule has 32 heavy (non-hydrogen) atoms. The molecule has 10 nitrogen and oxygen atoms in total. The molecule has 3 unspecified atom stereocenters. The van der Waals surface area contributed by atoms with E-state index in [1.165, 1.54) is 9.13 Å². The van der Waals surface area contributed by atoms with E-state index in [4.69, 9.17) is 10.7 Å². The van der Waals surface area contributed by atoms with Gasteiger partial charge >= 0.3 is 5.69 Å². The minimum absolute atomic E-state index is 0.0371. The quantitative estimate of drug-likeness (QED) is 0.630. The second kappa shape index (κ2) is 9.19. The summed E-state index contributed by atoms with van der Waals surface area (Å²) in [6, 6.07) is 2.10. The Labute approximate surface area is 186 Å². The summed E-state index contributed by atoms with van der Waals surface area (Å²) in [5, 5.41) is 12.8. The van der Waals surface area contributed by atoms with Crippen LogP contribution in [0.4, 0.5) is 5.95 Å². The molecule has 4 rings (SSSR count). The highest BCUT2D eigenvalue weighted by atomic mass is 16.2. The van der Waals surface area contributed by atoms with Crippen molar-refractivity contribution < 1.29 is 0 Å². The van der Waals surface area contributed by atoms with Crippen LogP contribution in [0.1, 0.15) is 32.6 Å². The lowest BCUT2D eigenvalue weighted by molar-refractivity contribution is 0.297. The molecule has 0 spiro atoms. The van der Waals surface area contributed by atoms with Gasteiger partial charge in [0.05, 0.1) is 18.5 Å². The van der Waals surface area contributed by atoms with Gasteiger partial charge in [0.15, 0.2) is 11.2 Å². The van der Waals surface area contributed by atoms with Gasteiger partial charge in [-0.1, -0.05) is 5.92 Å². The summed E-state index contributed by atoms with van der Waals surface area (Å²) >= 11 is 0. The summed E-state index contributed by atoms with van der Waals surface area (Å²) in [6.07, 6.45) is 3.56. The maximum absolute atomic E-state index is 13.6. The van der Waals surface area contributed by atoms with E-state index in [-0.39, 0.29) is 24.5 Å². The van der Waals surface area contributed by atoms with Gasteiger partial charge in [0.2, 0.25) is 5.95 Å². The number of rotatable bonds is 4. The van der Waals surface area contributed by atoms with Gasteiger partial charge in [0, 0.05) is 38.8 Å². The van der Waals surface area contributed by atoms with Crippen molar-refractivity contribution in [3.05, 3.63) is 20.8 Å². The van der Waals surface area contributed by atoms with Crippen LogP contribution in [0.3, 0.4) is 0 Å². The molecular formula is C22H30N8O2. The second-order valence-corrected chi connectivity index (χ2v) is 8.64. The van der Waals surface area contributed by atoms with E-state index in [2.05, 4.69) is 28.1 Å². The number of hydrogen-bond donors (Lipinski definition) is 2. The number of hydrogen-bond acceptors (Lipinski definition) is 7. The van der Waals surface area contributed by atoms with Gasteiger partial charge in [-0.05, 0) is 39.2 Å². The fraction of sp³-hybridized carbons (Fsp3) is 0.636. The van der Waals surface area contributed by atoms with E-state index in [9.17, 15) is 14.9 Å². The summed E-state index contributed by atoms with van der Waals surface area (Å²) in [6.45, 7) is 4.39. The van der Waals surface area contributed by atoms with E-state index in [1.807, 2.05) is 0 Å². The normalized spacial score (nSPS) is 23.6. The second-order valence-electron chi connectivity index (χ2n) is 8.64. The number of nitrogens with zero attached hydrogens (tertiary/aromatic N) is 6. The van der Waals surface area contributed by atoms with Crippen molar-refractivity contribution in [2.45, 2.75) is 57.8 Å². The highest BCUT2D eigenvalue weighted by Gasteiger charge is 2.29. The number of nitriles is 1.